The molecule has 7 rings (SSSR count). The summed E-state index contributed by atoms with van der Waals surface area (Å²) in [7, 11) is -4.00. The third-order valence-electron chi connectivity index (χ3n) is 6.68. The van der Waals surface area contributed by atoms with Crippen molar-refractivity contribution in [2.24, 2.45) is 0 Å². The first-order valence-corrected chi connectivity index (χ1v) is 13.1. The lowest BCUT2D eigenvalue weighted by Gasteiger charge is -2.22. The number of fused-ring (bicyclic) bond motifs is 4. The summed E-state index contributed by atoms with van der Waals surface area (Å²) in [4.78, 5) is 13.1. The van der Waals surface area contributed by atoms with Crippen LogP contribution in [0.5, 0.6) is 11.5 Å². The van der Waals surface area contributed by atoms with Crippen LogP contribution in [0, 0.1) is 0 Å². The Morgan fingerprint density at radius 2 is 1.59 bits per heavy atom. The number of ether oxygens (including phenoxy) is 2. The molecule has 0 atom stereocenters. The number of benzene rings is 3. The molecule has 0 bridgehead atoms. The maximum atomic E-state index is 13.5. The Labute approximate surface area is 212 Å². The van der Waals surface area contributed by atoms with Crippen LogP contribution in [0.2, 0.25) is 0 Å². The van der Waals surface area contributed by atoms with Crippen LogP contribution in [0.1, 0.15) is 28.4 Å². The highest BCUT2D eigenvalue weighted by Gasteiger charge is 2.42. The quantitative estimate of drug-likeness (QED) is 0.275. The fourth-order valence-electron chi connectivity index (χ4n) is 4.97. The van der Waals surface area contributed by atoms with E-state index >= 15 is 0 Å². The second-order valence-corrected chi connectivity index (χ2v) is 10.9. The fourth-order valence-corrected chi connectivity index (χ4v) is 6.71. The molecule has 37 heavy (non-hydrogen) atoms. The van der Waals surface area contributed by atoms with E-state index < -0.39 is 15.6 Å². The van der Waals surface area contributed by atoms with Gasteiger partial charge in [-0.15, -0.1) is 0 Å². The van der Waals surface area contributed by atoms with Crippen LogP contribution in [-0.4, -0.2) is 14.2 Å². The van der Waals surface area contributed by atoms with Crippen molar-refractivity contribution in [3.63, 3.8) is 0 Å². The number of Topliss-reactive ketones (excluding diaryl/α,β-unsaturated/α-hetero) is 1. The monoisotopic (exact) mass is 506 g/mol. The Hall–Kier alpha value is -4.62. The zero-order valence-corrected chi connectivity index (χ0v) is 20.3. The Bertz CT molecular complexity index is 1910. The van der Waals surface area contributed by atoms with E-state index in [0.717, 1.165) is 16.5 Å². The zero-order chi connectivity index (χ0) is 25.3. The number of furan rings is 1. The van der Waals surface area contributed by atoms with Crippen molar-refractivity contribution in [2.75, 3.05) is 0 Å². The summed E-state index contributed by atoms with van der Waals surface area (Å²) in [6.07, 6.45) is 6.80. The van der Waals surface area contributed by atoms with E-state index in [-0.39, 0.29) is 15.4 Å². The minimum absolute atomic E-state index is 0.0230. The normalized spacial score (nSPS) is 20.5. The molecule has 0 amide bonds. The lowest BCUT2D eigenvalue weighted by atomic mass is 9.98. The summed E-state index contributed by atoms with van der Waals surface area (Å²) >= 11 is 0. The highest BCUT2D eigenvalue weighted by atomic mass is 32.2. The lowest BCUT2D eigenvalue weighted by molar-refractivity contribution is 0.104. The van der Waals surface area contributed by atoms with Gasteiger partial charge in [-0.1, -0.05) is 30.3 Å². The van der Waals surface area contributed by atoms with Crippen molar-refractivity contribution >= 4 is 37.7 Å². The highest BCUT2D eigenvalue weighted by molar-refractivity contribution is 7.97. The first-order valence-electron chi connectivity index (χ1n) is 11.6. The first-order chi connectivity index (χ1) is 17.9. The minimum Gasteiger partial charge on any atom is -0.464 e. The standard InChI is InChI=1S/C30H18O6S/c1-17-12-19(36-27-16-26-18(10-11-34-26)13-23(17)27)14-20-15-24(21-6-2-4-8-25(21)35-20)30-29(31)22-7-3-5-9-28(22)37(30,32)33/h2-16H,1H3. The topological polar surface area (TPSA) is 82.8 Å². The van der Waals surface area contributed by atoms with E-state index in [0.29, 0.717) is 39.7 Å². The van der Waals surface area contributed by atoms with Gasteiger partial charge in [0.25, 0.3) is 0 Å². The average molecular weight is 507 g/mol. The largest absolute Gasteiger partial charge is 0.464 e. The van der Waals surface area contributed by atoms with E-state index in [1.54, 1.807) is 54.8 Å². The molecular formula is C30H18O6S. The van der Waals surface area contributed by atoms with E-state index in [9.17, 15) is 13.2 Å². The molecule has 0 spiro atoms. The molecule has 3 aliphatic heterocycles. The second kappa shape index (κ2) is 7.69. The van der Waals surface area contributed by atoms with Crippen LogP contribution in [0.3, 0.4) is 0 Å². The second-order valence-electron chi connectivity index (χ2n) is 9.00. The molecular weight excluding hydrogens is 488 g/mol. The summed E-state index contributed by atoms with van der Waals surface area (Å²) in [5, 5.41) is 0.983. The molecule has 0 saturated carbocycles. The summed E-state index contributed by atoms with van der Waals surface area (Å²) in [5.74, 6) is 1.43. The van der Waals surface area contributed by atoms with Crippen LogP contribution in [0.15, 0.2) is 117 Å². The van der Waals surface area contributed by atoms with Crippen LogP contribution in [-0.2, 0) is 9.84 Å². The average Bonchev–Trinajstić information content (AvgIpc) is 3.42. The number of rotatable bonds is 1. The van der Waals surface area contributed by atoms with Crippen molar-refractivity contribution in [2.45, 2.75) is 11.8 Å². The van der Waals surface area contributed by atoms with Gasteiger partial charge < -0.3 is 13.9 Å². The van der Waals surface area contributed by atoms with Gasteiger partial charge in [0.15, 0.2) is 0 Å². The summed E-state index contributed by atoms with van der Waals surface area (Å²) in [6.45, 7) is 1.99. The van der Waals surface area contributed by atoms with Gasteiger partial charge in [0.1, 0.15) is 33.5 Å². The van der Waals surface area contributed by atoms with Gasteiger partial charge in [0.2, 0.25) is 15.6 Å². The molecule has 6 nitrogen and oxygen atoms in total. The highest BCUT2D eigenvalue weighted by Crippen LogP contribution is 2.44. The summed E-state index contributed by atoms with van der Waals surface area (Å²) in [6, 6.07) is 19.1. The Balaban J connectivity index is 1.38. The predicted octanol–water partition coefficient (Wildman–Crippen LogP) is 6.47. The van der Waals surface area contributed by atoms with Crippen molar-refractivity contribution in [3.05, 3.63) is 124 Å². The molecule has 0 N–H and O–H groups in total. The zero-order valence-electron chi connectivity index (χ0n) is 19.5. The number of ketones is 1. The minimum atomic E-state index is -4.00. The number of allylic oxidation sites excluding steroid dienone is 6. The van der Waals surface area contributed by atoms with Crippen molar-refractivity contribution < 1.29 is 27.1 Å². The van der Waals surface area contributed by atoms with Crippen LogP contribution in [0.4, 0.5) is 0 Å². The van der Waals surface area contributed by atoms with E-state index in [4.69, 9.17) is 13.9 Å². The predicted molar refractivity (Wildman–Crippen MR) is 139 cm³/mol. The lowest BCUT2D eigenvalue weighted by Crippen LogP contribution is -2.11. The number of sulfone groups is 1. The maximum absolute atomic E-state index is 13.5. The molecule has 3 aromatic carbocycles. The van der Waals surface area contributed by atoms with Gasteiger partial charge in [-0.05, 0) is 55.0 Å². The van der Waals surface area contributed by atoms with Crippen LogP contribution < -0.4 is 9.47 Å². The molecule has 0 saturated heterocycles. The molecule has 0 radical (unpaired) electrons. The maximum Gasteiger partial charge on any atom is 0.211 e. The van der Waals surface area contributed by atoms with Gasteiger partial charge in [0.05, 0.1) is 11.2 Å². The van der Waals surface area contributed by atoms with Gasteiger partial charge >= 0.3 is 0 Å². The summed E-state index contributed by atoms with van der Waals surface area (Å²) < 4.78 is 44.7. The number of carbonyl (C=O) groups excluding carboxylic acids is 1. The molecule has 3 aliphatic rings. The van der Waals surface area contributed by atoms with Gasteiger partial charge in [-0.25, -0.2) is 8.42 Å². The molecule has 1 aromatic heterocycles. The Kier molecular flexibility index (Phi) is 4.50. The number of hydrogen-bond acceptors (Lipinski definition) is 6. The van der Waals surface area contributed by atoms with Crippen molar-refractivity contribution in [3.8, 4) is 11.5 Å². The molecule has 0 aliphatic carbocycles. The molecule has 0 fully saturated rings. The molecule has 0 unspecified atom stereocenters. The van der Waals surface area contributed by atoms with Crippen LogP contribution in [0.25, 0.3) is 22.1 Å². The first kappa shape index (κ1) is 21.6. The van der Waals surface area contributed by atoms with Gasteiger partial charge in [0, 0.05) is 39.8 Å². The number of carbonyl (C=O) groups is 1. The molecule has 7 heteroatoms. The third kappa shape index (κ3) is 3.24. The fraction of sp³-hybridized carbons (Fsp3) is 0.0333. The van der Waals surface area contributed by atoms with E-state index in [1.807, 2.05) is 31.2 Å². The summed E-state index contributed by atoms with van der Waals surface area (Å²) in [5.41, 5.74) is 3.67. The Morgan fingerprint density at radius 1 is 0.811 bits per heavy atom. The Morgan fingerprint density at radius 3 is 2.43 bits per heavy atom. The SMILES string of the molecule is CC1=CC(=CC2=CC(=C3C(=O)c4ccccc4S3(=O)=O)c3ccccc3O2)Oc2cc3occc3cc21. The molecule has 180 valence electrons. The van der Waals surface area contributed by atoms with Crippen molar-refractivity contribution in [1.29, 1.82) is 0 Å². The van der Waals surface area contributed by atoms with Crippen molar-refractivity contribution in [1.82, 2.24) is 0 Å². The smallest absolute Gasteiger partial charge is 0.211 e. The number of hydrogen-bond donors (Lipinski definition) is 0. The molecule has 4 aromatic rings. The third-order valence-corrected chi connectivity index (χ3v) is 8.56. The van der Waals surface area contributed by atoms with Gasteiger partial charge in [-0.2, -0.15) is 0 Å². The molecule has 4 heterocycles. The number of para-hydroxylation sites is 1. The van der Waals surface area contributed by atoms with E-state index in [1.165, 1.54) is 12.1 Å². The van der Waals surface area contributed by atoms with Crippen LogP contribution >= 0.6 is 0 Å². The van der Waals surface area contributed by atoms with E-state index in [2.05, 4.69) is 0 Å². The van der Waals surface area contributed by atoms with Gasteiger partial charge in [-0.3, -0.25) is 4.79 Å².